The number of phenols is 1. The fourth-order valence-corrected chi connectivity index (χ4v) is 2.86. The van der Waals surface area contributed by atoms with E-state index in [0.717, 1.165) is 0 Å². The molecule has 25 heavy (non-hydrogen) atoms. The fourth-order valence-electron chi connectivity index (χ4n) is 1.77. The van der Waals surface area contributed by atoms with Crippen molar-refractivity contribution in [1.29, 1.82) is 0 Å². The maximum Gasteiger partial charge on any atom is 0.277 e. The topological polar surface area (TPSA) is 80.2 Å². The normalized spacial score (nSPS) is 10.7. The van der Waals surface area contributed by atoms with E-state index in [1.807, 2.05) is 22.6 Å². The van der Waals surface area contributed by atoms with Crippen LogP contribution in [0.1, 0.15) is 5.56 Å². The van der Waals surface area contributed by atoms with Gasteiger partial charge in [-0.05, 0) is 58.5 Å². The fraction of sp³-hybridized carbons (Fsp3) is 0.125. The Morgan fingerprint density at radius 2 is 2.08 bits per heavy atom. The van der Waals surface area contributed by atoms with E-state index < -0.39 is 5.91 Å². The van der Waals surface area contributed by atoms with E-state index >= 15 is 0 Å². The number of methoxy groups -OCH3 is 1. The predicted molar refractivity (Wildman–Crippen MR) is 105 cm³/mol. The quantitative estimate of drug-likeness (QED) is 0.363. The Hall–Kier alpha value is -1.71. The van der Waals surface area contributed by atoms with Crippen LogP contribution in [0.3, 0.4) is 0 Å². The van der Waals surface area contributed by atoms with Crippen molar-refractivity contribution in [1.82, 2.24) is 5.43 Å². The minimum Gasteiger partial charge on any atom is -0.504 e. The molecule has 0 aliphatic rings. The van der Waals surface area contributed by atoms with Crippen molar-refractivity contribution in [2.75, 3.05) is 13.7 Å². The zero-order chi connectivity index (χ0) is 18.4. The third-order valence-corrected chi connectivity index (χ3v) is 4.28. The Bertz CT molecular complexity index is 815. The summed E-state index contributed by atoms with van der Waals surface area (Å²) in [5.74, 6) is 0.267. The van der Waals surface area contributed by atoms with Gasteiger partial charge in [-0.3, -0.25) is 4.79 Å². The summed E-state index contributed by atoms with van der Waals surface area (Å²) in [7, 11) is 1.45. The molecule has 0 aliphatic heterocycles. The molecule has 132 valence electrons. The molecular weight excluding hydrogens is 482 g/mol. The number of nitrogens with one attached hydrogen (secondary N) is 1. The lowest BCUT2D eigenvalue weighted by Gasteiger charge is -2.07. The molecule has 9 heteroatoms. The molecule has 0 fully saturated rings. The molecule has 1 amide bonds. The SMILES string of the molecule is COc1cc(/C=N\NC(=O)COc2ccc(Cl)cc2Cl)cc(I)c1O. The van der Waals surface area contributed by atoms with Crippen molar-refractivity contribution < 1.29 is 19.4 Å². The van der Waals surface area contributed by atoms with Crippen molar-refractivity contribution in [2.45, 2.75) is 0 Å². The Morgan fingerprint density at radius 1 is 1.32 bits per heavy atom. The number of halogens is 3. The van der Waals surface area contributed by atoms with Crippen LogP contribution in [0.15, 0.2) is 35.4 Å². The van der Waals surface area contributed by atoms with E-state index in [2.05, 4.69) is 10.5 Å². The number of carbonyl (C=O) groups excluding carboxylic acids is 1. The molecule has 0 aromatic heterocycles. The molecule has 2 rings (SSSR count). The first-order chi connectivity index (χ1) is 11.9. The highest BCUT2D eigenvalue weighted by Crippen LogP contribution is 2.31. The number of hydrogen-bond donors (Lipinski definition) is 2. The highest BCUT2D eigenvalue weighted by Gasteiger charge is 2.08. The summed E-state index contributed by atoms with van der Waals surface area (Å²) < 4.78 is 11.0. The van der Waals surface area contributed by atoms with Crippen LogP contribution in [0, 0.1) is 3.57 Å². The highest BCUT2D eigenvalue weighted by molar-refractivity contribution is 14.1. The highest BCUT2D eigenvalue weighted by atomic mass is 127. The van der Waals surface area contributed by atoms with Crippen molar-refractivity contribution in [2.24, 2.45) is 5.10 Å². The van der Waals surface area contributed by atoms with Crippen LogP contribution >= 0.6 is 45.8 Å². The zero-order valence-corrected chi connectivity index (χ0v) is 16.6. The Kier molecular flexibility index (Phi) is 7.15. The van der Waals surface area contributed by atoms with E-state index in [1.165, 1.54) is 19.4 Å². The van der Waals surface area contributed by atoms with E-state index in [9.17, 15) is 9.90 Å². The molecule has 0 saturated heterocycles. The molecule has 0 heterocycles. The minimum atomic E-state index is -0.456. The number of benzene rings is 2. The first-order valence-corrected chi connectivity index (χ1v) is 8.70. The van der Waals surface area contributed by atoms with E-state index in [1.54, 1.807) is 24.3 Å². The minimum absolute atomic E-state index is 0.0533. The second-order valence-electron chi connectivity index (χ2n) is 4.71. The molecule has 6 nitrogen and oxygen atoms in total. The largest absolute Gasteiger partial charge is 0.504 e. The van der Waals surface area contributed by atoms with Crippen LogP contribution in [0.2, 0.25) is 10.0 Å². The number of hydrazone groups is 1. The summed E-state index contributed by atoms with van der Waals surface area (Å²) >= 11 is 13.7. The molecule has 2 N–H and O–H groups in total. The third kappa shape index (κ3) is 5.65. The van der Waals surface area contributed by atoms with E-state index in [4.69, 9.17) is 32.7 Å². The van der Waals surface area contributed by atoms with Crippen LogP contribution in [-0.2, 0) is 4.79 Å². The summed E-state index contributed by atoms with van der Waals surface area (Å²) in [6, 6.07) is 7.99. The second-order valence-corrected chi connectivity index (χ2v) is 6.72. The molecule has 0 spiro atoms. The number of rotatable bonds is 6. The summed E-state index contributed by atoms with van der Waals surface area (Å²) in [5.41, 5.74) is 2.99. The second kappa shape index (κ2) is 9.12. The van der Waals surface area contributed by atoms with Crippen LogP contribution < -0.4 is 14.9 Å². The van der Waals surface area contributed by atoms with E-state index in [-0.39, 0.29) is 12.4 Å². The molecule has 0 aliphatic carbocycles. The van der Waals surface area contributed by atoms with Gasteiger partial charge in [0, 0.05) is 5.02 Å². The number of hydrogen-bond acceptors (Lipinski definition) is 5. The average molecular weight is 495 g/mol. The molecule has 0 bridgehead atoms. The molecule has 0 saturated carbocycles. The summed E-state index contributed by atoms with van der Waals surface area (Å²) in [5, 5.41) is 14.4. The summed E-state index contributed by atoms with van der Waals surface area (Å²) in [6.45, 7) is -0.255. The van der Waals surface area contributed by atoms with Crippen molar-refractivity contribution in [3.05, 3.63) is 49.5 Å². The lowest BCUT2D eigenvalue weighted by atomic mass is 10.2. The molecular formula is C16H13Cl2IN2O4. The van der Waals surface area contributed by atoms with Gasteiger partial charge in [-0.15, -0.1) is 0 Å². The number of ether oxygens (including phenoxy) is 2. The number of phenolic OH excluding ortho intramolecular Hbond substituents is 1. The van der Waals surface area contributed by atoms with E-state index in [0.29, 0.717) is 30.7 Å². The van der Waals surface area contributed by atoms with Crippen LogP contribution in [0.25, 0.3) is 0 Å². The summed E-state index contributed by atoms with van der Waals surface area (Å²) in [4.78, 5) is 11.7. The first kappa shape index (κ1) is 19.6. The van der Waals surface area contributed by atoms with Gasteiger partial charge in [0.2, 0.25) is 0 Å². The zero-order valence-electron chi connectivity index (χ0n) is 12.9. The molecule has 0 radical (unpaired) electrons. The Morgan fingerprint density at radius 3 is 2.76 bits per heavy atom. The first-order valence-electron chi connectivity index (χ1n) is 6.87. The van der Waals surface area contributed by atoms with Gasteiger partial charge in [-0.2, -0.15) is 5.10 Å². The number of amides is 1. The van der Waals surface area contributed by atoms with Gasteiger partial charge >= 0.3 is 0 Å². The van der Waals surface area contributed by atoms with Crippen molar-refractivity contribution in [3.63, 3.8) is 0 Å². The molecule has 2 aromatic carbocycles. The van der Waals surface area contributed by atoms with Gasteiger partial charge in [0.25, 0.3) is 5.91 Å². The standard InChI is InChI=1S/C16H13Cl2IN2O4/c1-24-14-5-9(4-12(19)16(14)23)7-20-21-15(22)8-25-13-3-2-10(17)6-11(13)18/h2-7,23H,8H2,1H3,(H,21,22)/b20-7-. The lowest BCUT2D eigenvalue weighted by molar-refractivity contribution is -0.123. The third-order valence-electron chi connectivity index (χ3n) is 2.93. The Balaban J connectivity index is 1.91. The van der Waals surface area contributed by atoms with Crippen LogP contribution in [-0.4, -0.2) is 30.9 Å². The number of aromatic hydroxyl groups is 1. The smallest absolute Gasteiger partial charge is 0.277 e. The van der Waals surface area contributed by atoms with Gasteiger partial charge in [0.15, 0.2) is 18.1 Å². The molecule has 0 atom stereocenters. The van der Waals surface area contributed by atoms with Crippen molar-refractivity contribution in [3.8, 4) is 17.2 Å². The van der Waals surface area contributed by atoms with Gasteiger partial charge in [-0.1, -0.05) is 23.2 Å². The average Bonchev–Trinajstić information content (AvgIpc) is 2.57. The molecule has 0 unspecified atom stereocenters. The monoisotopic (exact) mass is 494 g/mol. The Labute approximate surface area is 167 Å². The van der Waals surface area contributed by atoms with Crippen molar-refractivity contribution >= 4 is 57.9 Å². The van der Waals surface area contributed by atoms with Crippen LogP contribution in [0.5, 0.6) is 17.2 Å². The predicted octanol–water partition coefficient (Wildman–Crippen LogP) is 3.84. The maximum atomic E-state index is 11.7. The van der Waals surface area contributed by atoms with Gasteiger partial charge in [0.05, 0.1) is 21.9 Å². The van der Waals surface area contributed by atoms with Gasteiger partial charge < -0.3 is 14.6 Å². The lowest BCUT2D eigenvalue weighted by Crippen LogP contribution is -2.24. The van der Waals surface area contributed by atoms with Gasteiger partial charge in [-0.25, -0.2) is 5.43 Å². The van der Waals surface area contributed by atoms with Gasteiger partial charge in [0.1, 0.15) is 5.75 Å². The number of carbonyl (C=O) groups is 1. The van der Waals surface area contributed by atoms with Crippen LogP contribution in [0.4, 0.5) is 0 Å². The maximum absolute atomic E-state index is 11.7. The number of nitrogens with zero attached hydrogens (tertiary/aromatic N) is 1. The molecule has 2 aromatic rings. The summed E-state index contributed by atoms with van der Waals surface area (Å²) in [6.07, 6.45) is 1.43.